The molecule has 27 heavy (non-hydrogen) atoms. The Bertz CT molecular complexity index is 927. The van der Waals surface area contributed by atoms with Crippen LogP contribution in [0.5, 0.6) is 0 Å². The molecule has 0 aliphatic heterocycles. The van der Waals surface area contributed by atoms with Crippen LogP contribution in [0.1, 0.15) is 22.8 Å². The van der Waals surface area contributed by atoms with E-state index in [4.69, 9.17) is 0 Å². The van der Waals surface area contributed by atoms with Gasteiger partial charge in [0.25, 0.3) is 0 Å². The van der Waals surface area contributed by atoms with Gasteiger partial charge in [0.05, 0.1) is 12.8 Å². The van der Waals surface area contributed by atoms with Crippen molar-refractivity contribution < 1.29 is 22.4 Å². The second-order valence-electron chi connectivity index (χ2n) is 6.12. The molecular formula is C19H21FN2O4S. The lowest BCUT2D eigenvalue weighted by atomic mass is 10.1. The Kier molecular flexibility index (Phi) is 6.81. The van der Waals surface area contributed by atoms with Crippen LogP contribution in [0, 0.1) is 5.82 Å². The van der Waals surface area contributed by atoms with Gasteiger partial charge in [-0.25, -0.2) is 12.8 Å². The number of sulfonamides is 1. The summed E-state index contributed by atoms with van der Waals surface area (Å²) in [6.07, 6.45) is 1.16. The second kappa shape index (κ2) is 8.88. The molecule has 1 amide bonds. The summed E-state index contributed by atoms with van der Waals surface area (Å²) in [6, 6.07) is 12.4. The average Bonchev–Trinajstić information content (AvgIpc) is 2.59. The van der Waals surface area contributed by atoms with Gasteiger partial charge in [-0.15, -0.1) is 0 Å². The van der Waals surface area contributed by atoms with Crippen molar-refractivity contribution >= 4 is 27.4 Å². The van der Waals surface area contributed by atoms with Crippen LogP contribution in [0.3, 0.4) is 0 Å². The predicted octanol–water partition coefficient (Wildman–Crippen LogP) is 2.47. The first-order valence-corrected chi connectivity index (χ1v) is 10.1. The Balaban J connectivity index is 2.01. The molecule has 2 aromatic rings. The molecule has 144 valence electrons. The maximum atomic E-state index is 13.7. The van der Waals surface area contributed by atoms with Gasteiger partial charge in [-0.1, -0.05) is 18.2 Å². The van der Waals surface area contributed by atoms with Crippen molar-refractivity contribution in [3.05, 3.63) is 65.5 Å². The molecule has 0 bridgehead atoms. The van der Waals surface area contributed by atoms with Crippen molar-refractivity contribution in [2.75, 3.05) is 24.7 Å². The third-order valence-corrected chi connectivity index (χ3v) is 5.20. The van der Waals surface area contributed by atoms with E-state index in [1.807, 2.05) is 0 Å². The minimum Gasteiger partial charge on any atom is -0.325 e. The molecule has 0 spiro atoms. The monoisotopic (exact) mass is 392 g/mol. The highest BCUT2D eigenvalue weighted by atomic mass is 32.2. The summed E-state index contributed by atoms with van der Waals surface area (Å²) in [5.41, 5.74) is 1.34. The number of carbonyl (C=O) groups excluding carboxylic acids is 2. The van der Waals surface area contributed by atoms with E-state index in [9.17, 15) is 22.4 Å². The topological polar surface area (TPSA) is 83.6 Å². The van der Waals surface area contributed by atoms with Gasteiger partial charge in [0.1, 0.15) is 5.82 Å². The van der Waals surface area contributed by atoms with Gasteiger partial charge in [0.2, 0.25) is 15.9 Å². The van der Waals surface area contributed by atoms with Gasteiger partial charge in [-0.2, -0.15) is 4.31 Å². The Morgan fingerprint density at radius 3 is 2.26 bits per heavy atom. The van der Waals surface area contributed by atoms with Crippen LogP contribution in [0.25, 0.3) is 0 Å². The molecular weight excluding hydrogens is 371 g/mol. The van der Waals surface area contributed by atoms with Crippen LogP contribution in [0.4, 0.5) is 10.1 Å². The summed E-state index contributed by atoms with van der Waals surface area (Å²) in [5.74, 6) is -1.03. The molecule has 0 unspecified atom stereocenters. The number of benzene rings is 2. The normalized spacial score (nSPS) is 11.4. The van der Waals surface area contributed by atoms with Gasteiger partial charge in [0, 0.05) is 17.8 Å². The van der Waals surface area contributed by atoms with Crippen molar-refractivity contribution in [2.45, 2.75) is 13.3 Å². The summed E-state index contributed by atoms with van der Waals surface area (Å²) < 4.78 is 38.6. The fourth-order valence-corrected chi connectivity index (χ4v) is 3.23. The van der Waals surface area contributed by atoms with Gasteiger partial charge < -0.3 is 5.32 Å². The number of hydrogen-bond acceptors (Lipinski definition) is 4. The molecule has 0 aliphatic rings. The summed E-state index contributed by atoms with van der Waals surface area (Å²) in [4.78, 5) is 23.5. The molecule has 0 aromatic heterocycles. The molecule has 1 N–H and O–H groups in total. The fraction of sp³-hybridized carbons (Fsp3) is 0.263. The number of nitrogens with one attached hydrogen (secondary N) is 1. The summed E-state index contributed by atoms with van der Waals surface area (Å²) in [7, 11) is -3.65. The lowest BCUT2D eigenvalue weighted by Crippen LogP contribution is -2.38. The van der Waals surface area contributed by atoms with Gasteiger partial charge in [-0.3, -0.25) is 9.59 Å². The quantitative estimate of drug-likeness (QED) is 0.700. The number of amides is 1. The Labute approximate surface area is 158 Å². The number of hydrogen-bond donors (Lipinski definition) is 1. The average molecular weight is 392 g/mol. The minimum absolute atomic E-state index is 0.0174. The van der Waals surface area contributed by atoms with Crippen LogP contribution in [0.15, 0.2) is 48.5 Å². The van der Waals surface area contributed by atoms with Crippen molar-refractivity contribution in [2.24, 2.45) is 0 Å². The van der Waals surface area contributed by atoms with Gasteiger partial charge in [0.15, 0.2) is 5.78 Å². The van der Waals surface area contributed by atoms with Crippen LogP contribution < -0.4 is 5.32 Å². The van der Waals surface area contributed by atoms with Crippen molar-refractivity contribution in [3.63, 3.8) is 0 Å². The molecule has 0 heterocycles. The molecule has 0 atom stereocenters. The highest BCUT2D eigenvalue weighted by molar-refractivity contribution is 7.88. The number of carbonyl (C=O) groups is 2. The SMILES string of the molecule is CC(=O)c1ccc(NC(=O)CN(CCc2ccccc2F)S(C)(=O)=O)cc1. The fourth-order valence-electron chi connectivity index (χ4n) is 2.46. The van der Waals surface area contributed by atoms with E-state index < -0.39 is 21.7 Å². The molecule has 0 saturated heterocycles. The molecule has 0 saturated carbocycles. The van der Waals surface area contributed by atoms with E-state index in [1.54, 1.807) is 42.5 Å². The Hall–Kier alpha value is -2.58. The van der Waals surface area contributed by atoms with E-state index in [0.29, 0.717) is 16.8 Å². The number of anilines is 1. The molecule has 0 radical (unpaired) electrons. The lowest BCUT2D eigenvalue weighted by molar-refractivity contribution is -0.116. The highest BCUT2D eigenvalue weighted by Gasteiger charge is 2.20. The zero-order valence-corrected chi connectivity index (χ0v) is 15.9. The maximum absolute atomic E-state index is 13.7. The van der Waals surface area contributed by atoms with Crippen molar-refractivity contribution in [3.8, 4) is 0 Å². The molecule has 0 fully saturated rings. The lowest BCUT2D eigenvalue weighted by Gasteiger charge is -2.19. The minimum atomic E-state index is -3.65. The summed E-state index contributed by atoms with van der Waals surface area (Å²) in [5, 5.41) is 2.59. The second-order valence-corrected chi connectivity index (χ2v) is 8.10. The smallest absolute Gasteiger partial charge is 0.239 e. The number of Topliss-reactive ketones (excluding diaryl/α,β-unsaturated/α-hetero) is 1. The number of halogens is 1. The number of ketones is 1. The first-order chi connectivity index (χ1) is 12.7. The third kappa shape index (κ3) is 6.26. The zero-order valence-electron chi connectivity index (χ0n) is 15.1. The molecule has 2 aromatic carbocycles. The van der Waals surface area contributed by atoms with E-state index in [-0.39, 0.29) is 25.3 Å². The first-order valence-electron chi connectivity index (χ1n) is 8.26. The number of nitrogens with zero attached hydrogens (tertiary/aromatic N) is 1. The molecule has 6 nitrogen and oxygen atoms in total. The highest BCUT2D eigenvalue weighted by Crippen LogP contribution is 2.12. The largest absolute Gasteiger partial charge is 0.325 e. The zero-order chi connectivity index (χ0) is 20.0. The van der Waals surface area contributed by atoms with Gasteiger partial charge in [-0.05, 0) is 49.2 Å². The van der Waals surface area contributed by atoms with E-state index in [1.165, 1.54) is 13.0 Å². The van der Waals surface area contributed by atoms with Crippen LogP contribution in [0.2, 0.25) is 0 Å². The van der Waals surface area contributed by atoms with E-state index >= 15 is 0 Å². The predicted molar refractivity (Wildman–Crippen MR) is 102 cm³/mol. The van der Waals surface area contributed by atoms with E-state index in [2.05, 4.69) is 5.32 Å². The maximum Gasteiger partial charge on any atom is 0.239 e. The molecule has 8 heteroatoms. The van der Waals surface area contributed by atoms with Crippen LogP contribution in [-0.2, 0) is 21.2 Å². The van der Waals surface area contributed by atoms with Crippen molar-refractivity contribution in [1.82, 2.24) is 4.31 Å². The molecule has 2 rings (SSSR count). The number of rotatable bonds is 8. The third-order valence-electron chi connectivity index (χ3n) is 3.95. The van der Waals surface area contributed by atoms with E-state index in [0.717, 1.165) is 10.6 Å². The summed E-state index contributed by atoms with van der Waals surface area (Å²) >= 11 is 0. The van der Waals surface area contributed by atoms with Gasteiger partial charge >= 0.3 is 0 Å². The Morgan fingerprint density at radius 1 is 1.07 bits per heavy atom. The van der Waals surface area contributed by atoms with Crippen LogP contribution in [-0.4, -0.2) is 43.8 Å². The Morgan fingerprint density at radius 2 is 1.70 bits per heavy atom. The van der Waals surface area contributed by atoms with Crippen LogP contribution >= 0.6 is 0 Å². The van der Waals surface area contributed by atoms with Crippen molar-refractivity contribution in [1.29, 1.82) is 0 Å². The molecule has 0 aliphatic carbocycles. The standard InChI is InChI=1S/C19H21FN2O4S/c1-14(23)15-7-9-17(10-8-15)21-19(24)13-22(27(2,25)26)12-11-16-5-3-4-6-18(16)20/h3-10H,11-13H2,1-2H3,(H,21,24). The first kappa shape index (κ1) is 20.7. The summed E-state index contributed by atoms with van der Waals surface area (Å²) in [6.45, 7) is 1.03.